The summed E-state index contributed by atoms with van der Waals surface area (Å²) in [4.78, 5) is 32.5. The molecule has 0 fully saturated rings. The van der Waals surface area contributed by atoms with Crippen LogP contribution in [0.1, 0.15) is 41.0 Å². The van der Waals surface area contributed by atoms with Crippen LogP contribution in [0.15, 0.2) is 79.3 Å². The van der Waals surface area contributed by atoms with Gasteiger partial charge in [-0.05, 0) is 66.1 Å². The van der Waals surface area contributed by atoms with Crippen molar-refractivity contribution in [1.82, 2.24) is 15.0 Å². The molecule has 43 heavy (non-hydrogen) atoms. The zero-order chi connectivity index (χ0) is 30.7. The average molecular weight is 591 g/mol. The molecule has 0 unspecified atom stereocenters. The first kappa shape index (κ1) is 29.5. The van der Waals surface area contributed by atoms with Crippen molar-refractivity contribution in [2.75, 3.05) is 24.4 Å². The number of aryl methyl sites for hydroxylation is 1. The van der Waals surface area contributed by atoms with Gasteiger partial charge in [0.1, 0.15) is 17.3 Å². The lowest BCUT2D eigenvalue weighted by molar-refractivity contribution is 0.102. The van der Waals surface area contributed by atoms with Crippen molar-refractivity contribution >= 4 is 39.9 Å². The Balaban J connectivity index is 1.38. The third-order valence-electron chi connectivity index (χ3n) is 7.37. The number of aromatic nitrogens is 3. The molecule has 0 bridgehead atoms. The highest BCUT2D eigenvalue weighted by molar-refractivity contribution is 6.34. The van der Waals surface area contributed by atoms with Gasteiger partial charge in [0.25, 0.3) is 11.4 Å². The van der Waals surface area contributed by atoms with Crippen LogP contribution in [-0.2, 0) is 12.1 Å². The second-order valence-electron chi connectivity index (χ2n) is 10.9. The Morgan fingerprint density at radius 2 is 1.81 bits per heavy atom. The summed E-state index contributed by atoms with van der Waals surface area (Å²) in [6.45, 7) is 13.7. The number of benzene rings is 2. The number of ether oxygens (including phenoxy) is 1. The Morgan fingerprint density at radius 1 is 1.05 bits per heavy atom. The van der Waals surface area contributed by atoms with E-state index < -0.39 is 11.4 Å². The number of hydrogen-bond donors (Lipinski definition) is 1. The standard InChI is InChI=1S/C34H31ClN6O2/c1-21-13-28(35)30(40-33(42)31-15-25(11-12-37-31)34(2,3)36-4)16-27(21)23-14-24-19-39-32(17-29(24)38-18-23)41(5)20-22-7-9-26(43-6)10-8-22/h7-19H,20H2,1-3,5-6H3,(H,40,42). The van der Waals surface area contributed by atoms with Gasteiger partial charge in [-0.25, -0.2) is 11.6 Å². The number of methoxy groups -OCH3 is 1. The molecule has 8 nitrogen and oxygen atoms in total. The highest BCUT2D eigenvalue weighted by Crippen LogP contribution is 2.34. The molecule has 0 aliphatic carbocycles. The van der Waals surface area contributed by atoms with Crippen molar-refractivity contribution in [2.45, 2.75) is 32.9 Å². The van der Waals surface area contributed by atoms with Crippen molar-refractivity contribution in [1.29, 1.82) is 0 Å². The minimum Gasteiger partial charge on any atom is -0.497 e. The van der Waals surface area contributed by atoms with Crippen molar-refractivity contribution in [3.8, 4) is 16.9 Å². The fourth-order valence-electron chi connectivity index (χ4n) is 4.72. The first-order valence-corrected chi connectivity index (χ1v) is 14.0. The third-order valence-corrected chi connectivity index (χ3v) is 7.69. The van der Waals surface area contributed by atoms with Gasteiger partial charge in [0, 0.05) is 68.6 Å². The predicted octanol–water partition coefficient (Wildman–Crippen LogP) is 7.71. The lowest BCUT2D eigenvalue weighted by Crippen LogP contribution is -2.17. The quantitative estimate of drug-likeness (QED) is 0.186. The first-order chi connectivity index (χ1) is 20.6. The number of anilines is 2. The van der Waals surface area contributed by atoms with Crippen LogP contribution in [0.25, 0.3) is 26.9 Å². The molecular weight excluding hydrogens is 560 g/mol. The zero-order valence-corrected chi connectivity index (χ0v) is 25.4. The minimum atomic E-state index is -0.767. The Kier molecular flexibility index (Phi) is 8.29. The van der Waals surface area contributed by atoms with Gasteiger partial charge < -0.3 is 19.8 Å². The minimum absolute atomic E-state index is 0.207. The summed E-state index contributed by atoms with van der Waals surface area (Å²) in [5.41, 5.74) is 5.27. The number of rotatable bonds is 8. The molecule has 2 aromatic carbocycles. The summed E-state index contributed by atoms with van der Waals surface area (Å²) in [6.07, 6.45) is 5.17. The lowest BCUT2D eigenvalue weighted by atomic mass is 9.95. The molecule has 0 saturated carbocycles. The molecule has 0 radical (unpaired) electrons. The number of nitrogens with zero attached hydrogens (tertiary/aromatic N) is 5. The molecule has 0 spiro atoms. The summed E-state index contributed by atoms with van der Waals surface area (Å²) >= 11 is 6.55. The van der Waals surface area contributed by atoms with E-state index in [9.17, 15) is 4.79 Å². The Bertz CT molecular complexity index is 1860. The largest absolute Gasteiger partial charge is 0.497 e. The van der Waals surface area contributed by atoms with E-state index in [2.05, 4.69) is 25.0 Å². The molecule has 3 heterocycles. The van der Waals surface area contributed by atoms with E-state index in [1.807, 2.05) is 74.9 Å². The van der Waals surface area contributed by atoms with E-state index in [-0.39, 0.29) is 5.69 Å². The Hall–Kier alpha value is -5.00. The molecule has 216 valence electrons. The van der Waals surface area contributed by atoms with E-state index in [4.69, 9.17) is 27.9 Å². The fraction of sp³-hybridized carbons (Fsp3) is 0.206. The summed E-state index contributed by atoms with van der Waals surface area (Å²) < 4.78 is 5.25. The Morgan fingerprint density at radius 3 is 2.53 bits per heavy atom. The maximum absolute atomic E-state index is 13.1. The summed E-state index contributed by atoms with van der Waals surface area (Å²) in [5.74, 6) is 1.23. The van der Waals surface area contributed by atoms with E-state index in [0.717, 1.165) is 44.7 Å². The smallest absolute Gasteiger partial charge is 0.274 e. The van der Waals surface area contributed by atoms with Gasteiger partial charge in [0.2, 0.25) is 0 Å². The van der Waals surface area contributed by atoms with E-state index in [1.54, 1.807) is 33.1 Å². The van der Waals surface area contributed by atoms with Crippen LogP contribution in [-0.4, -0.2) is 35.0 Å². The summed E-state index contributed by atoms with van der Waals surface area (Å²) in [5, 5.41) is 4.19. The van der Waals surface area contributed by atoms with Crippen LogP contribution in [0, 0.1) is 13.5 Å². The number of hydrogen-bond acceptors (Lipinski definition) is 6. The van der Waals surface area contributed by atoms with Crippen molar-refractivity contribution in [3.63, 3.8) is 0 Å². The molecule has 5 rings (SSSR count). The number of carbonyl (C=O) groups excluding carboxylic acids is 1. The highest BCUT2D eigenvalue weighted by atomic mass is 35.5. The SMILES string of the molecule is [C-]#[N+]C(C)(C)c1ccnc(C(=O)Nc2cc(-c3cnc4cc(N(C)Cc5ccc(OC)cc5)ncc4c3)c(C)cc2Cl)c1. The van der Waals surface area contributed by atoms with Gasteiger partial charge in [0.05, 0.1) is 23.3 Å². The average Bonchev–Trinajstić information content (AvgIpc) is 3.02. The molecule has 0 aliphatic rings. The number of carbonyl (C=O) groups is 1. The monoisotopic (exact) mass is 590 g/mol. The maximum Gasteiger partial charge on any atom is 0.274 e. The number of amides is 1. The van der Waals surface area contributed by atoms with Crippen LogP contribution < -0.4 is 15.0 Å². The molecule has 3 aromatic heterocycles. The second-order valence-corrected chi connectivity index (χ2v) is 11.3. The number of pyridine rings is 3. The molecule has 9 heteroatoms. The predicted molar refractivity (Wildman–Crippen MR) is 172 cm³/mol. The van der Waals surface area contributed by atoms with E-state index >= 15 is 0 Å². The van der Waals surface area contributed by atoms with Crippen LogP contribution >= 0.6 is 11.6 Å². The number of fused-ring (bicyclic) bond motifs is 1. The first-order valence-electron chi connectivity index (χ1n) is 13.6. The topological polar surface area (TPSA) is 84.6 Å². The van der Waals surface area contributed by atoms with Crippen molar-refractivity contribution in [2.24, 2.45) is 0 Å². The normalized spacial score (nSPS) is 11.2. The highest BCUT2D eigenvalue weighted by Gasteiger charge is 2.27. The van der Waals surface area contributed by atoms with Crippen LogP contribution in [0.2, 0.25) is 5.02 Å². The van der Waals surface area contributed by atoms with E-state index in [0.29, 0.717) is 22.8 Å². The number of nitrogens with one attached hydrogen (secondary N) is 1. The van der Waals surface area contributed by atoms with Crippen molar-refractivity contribution < 1.29 is 9.53 Å². The van der Waals surface area contributed by atoms with E-state index in [1.165, 1.54) is 6.20 Å². The summed E-state index contributed by atoms with van der Waals surface area (Å²) in [6, 6.07) is 19.0. The molecule has 0 atom stereocenters. The van der Waals surface area contributed by atoms with Gasteiger partial charge in [-0.3, -0.25) is 14.8 Å². The molecule has 1 amide bonds. The number of halogens is 1. The van der Waals surface area contributed by atoms with Gasteiger partial charge in [-0.15, -0.1) is 0 Å². The molecule has 1 N–H and O–H groups in total. The van der Waals surface area contributed by atoms with Crippen LogP contribution in [0.5, 0.6) is 5.75 Å². The lowest BCUT2D eigenvalue weighted by Gasteiger charge is -2.19. The fourth-order valence-corrected chi connectivity index (χ4v) is 4.98. The molecular formula is C34H31ClN6O2. The van der Waals surface area contributed by atoms with Crippen LogP contribution in [0.4, 0.5) is 11.5 Å². The van der Waals surface area contributed by atoms with Crippen molar-refractivity contribution in [3.05, 3.63) is 118 Å². The van der Waals surface area contributed by atoms with Gasteiger partial charge in [0.15, 0.2) is 0 Å². The Labute approximate surface area is 256 Å². The van der Waals surface area contributed by atoms with Gasteiger partial charge >= 0.3 is 0 Å². The van der Waals surface area contributed by atoms with Gasteiger partial charge in [-0.2, -0.15) is 0 Å². The second kappa shape index (κ2) is 12.1. The molecule has 5 aromatic rings. The third kappa shape index (κ3) is 6.42. The van der Waals surface area contributed by atoms with Gasteiger partial charge in [-0.1, -0.05) is 23.7 Å². The zero-order valence-electron chi connectivity index (χ0n) is 24.6. The molecule has 0 saturated heterocycles. The molecule has 0 aliphatic heterocycles. The summed E-state index contributed by atoms with van der Waals surface area (Å²) in [7, 11) is 3.65. The van der Waals surface area contributed by atoms with Crippen LogP contribution in [0.3, 0.4) is 0 Å². The maximum atomic E-state index is 13.1.